The van der Waals surface area contributed by atoms with Crippen LogP contribution in [0, 0.1) is 6.57 Å². The molecule has 0 bridgehead atoms. The lowest BCUT2D eigenvalue weighted by Crippen LogP contribution is -2.49. The van der Waals surface area contributed by atoms with Crippen molar-refractivity contribution < 1.29 is 23.0 Å². The van der Waals surface area contributed by atoms with Gasteiger partial charge in [-0.25, -0.2) is 16.0 Å². The van der Waals surface area contributed by atoms with Gasteiger partial charge in [-0.05, 0) is 59.2 Å². The lowest BCUT2D eigenvalue weighted by molar-refractivity contribution is -0.117. The summed E-state index contributed by atoms with van der Waals surface area (Å²) < 4.78 is 30.2. The molecule has 1 aromatic heterocycles. The average Bonchev–Trinajstić information content (AvgIpc) is 3.18. The van der Waals surface area contributed by atoms with E-state index in [4.69, 9.17) is 24.8 Å². The fraction of sp³-hybridized carbons (Fsp3) is 0.793. The topological polar surface area (TPSA) is 116 Å². The minimum Gasteiger partial charge on any atom is -0.408 e. The van der Waals surface area contributed by atoms with Crippen molar-refractivity contribution in [1.29, 1.82) is 0 Å². The molecule has 0 spiro atoms. The van der Waals surface area contributed by atoms with Crippen LogP contribution in [0.5, 0.6) is 0 Å². The van der Waals surface area contributed by atoms with Crippen molar-refractivity contribution in [3.05, 3.63) is 44.0 Å². The molecule has 1 N–H and O–H groups in total. The molecule has 0 radical (unpaired) electrons. The number of rotatable bonds is 15. The number of aromatic amines is 1. The van der Waals surface area contributed by atoms with Crippen molar-refractivity contribution in [3.8, 4) is 0 Å². The molecule has 238 valence electrons. The molecule has 0 amide bonds. The van der Waals surface area contributed by atoms with Crippen molar-refractivity contribution >= 4 is 22.6 Å². The van der Waals surface area contributed by atoms with E-state index in [1.165, 1.54) is 17.7 Å². The molecule has 1 fully saturated rings. The van der Waals surface area contributed by atoms with Gasteiger partial charge in [0.05, 0.1) is 11.7 Å². The second kappa shape index (κ2) is 15.3. The van der Waals surface area contributed by atoms with Crippen molar-refractivity contribution in [2.45, 2.75) is 136 Å². The minimum absolute atomic E-state index is 0.0585. The second-order valence-electron chi connectivity index (χ2n) is 12.9. The summed E-state index contributed by atoms with van der Waals surface area (Å²) >= 11 is 0. The summed E-state index contributed by atoms with van der Waals surface area (Å²) in [6.45, 7) is 30.3. The smallest absolute Gasteiger partial charge is 0.328 e. The Hall–Kier alpha value is -1.71. The fourth-order valence-electron chi connectivity index (χ4n) is 4.65. The van der Waals surface area contributed by atoms with Gasteiger partial charge in [-0.2, -0.15) is 0 Å². The molecule has 1 saturated heterocycles. The summed E-state index contributed by atoms with van der Waals surface area (Å²) in [5.74, 6) is -0.0585. The number of Topliss-reactive ketones (excluding diaryl/α,β-unsaturated/α-hetero) is 1. The van der Waals surface area contributed by atoms with E-state index in [0.717, 1.165) is 0 Å². The molecule has 0 aromatic carbocycles. The number of ether oxygens (including phenoxy) is 1. The zero-order valence-corrected chi connectivity index (χ0v) is 29.1. The maximum atomic E-state index is 13.3. The zero-order chi connectivity index (χ0) is 32.0. The number of carbonyl (C=O) groups is 1. The number of H-pyrrole nitrogens is 1. The third kappa shape index (κ3) is 9.15. The first-order valence-electron chi connectivity index (χ1n) is 14.8. The number of ketones is 1. The highest BCUT2D eigenvalue weighted by Crippen LogP contribution is 2.52. The third-order valence-corrected chi connectivity index (χ3v) is 14.5. The molecule has 1 aromatic rings. The lowest BCUT2D eigenvalue weighted by atomic mass is 10.0. The predicted molar refractivity (Wildman–Crippen MR) is 168 cm³/mol. The lowest BCUT2D eigenvalue weighted by Gasteiger charge is -2.42. The Labute approximate surface area is 253 Å². The molecule has 13 heteroatoms. The van der Waals surface area contributed by atoms with Crippen LogP contribution in [0.3, 0.4) is 0 Å². The summed E-state index contributed by atoms with van der Waals surface area (Å²) in [6, 6.07) is 0.212. The predicted octanol–water partition coefficient (Wildman–Crippen LogP) is 5.42. The van der Waals surface area contributed by atoms with Crippen molar-refractivity contribution in [3.63, 3.8) is 0 Å². The largest absolute Gasteiger partial charge is 0.408 e. The summed E-state index contributed by atoms with van der Waals surface area (Å²) in [5.41, 5.74) is -0.870. The first kappa shape index (κ1) is 36.5. The number of hydrogen-bond acceptors (Lipinski definition) is 8. The van der Waals surface area contributed by atoms with Gasteiger partial charge in [0.2, 0.25) is 6.54 Å². The molecule has 0 aliphatic carbocycles. The Morgan fingerprint density at radius 1 is 1.21 bits per heavy atom. The van der Waals surface area contributed by atoms with Crippen LogP contribution in [-0.4, -0.2) is 71.9 Å². The monoisotopic (exact) mass is 626 g/mol. The Kier molecular flexibility index (Phi) is 13.3. The molecule has 5 atom stereocenters. The van der Waals surface area contributed by atoms with Crippen LogP contribution >= 0.6 is 8.53 Å². The molecule has 1 aliphatic rings. The average molecular weight is 627 g/mol. The fourth-order valence-corrected chi connectivity index (χ4v) is 7.70. The number of aromatic nitrogens is 2. The van der Waals surface area contributed by atoms with Crippen LogP contribution < -0.4 is 11.2 Å². The first-order valence-corrected chi connectivity index (χ1v) is 18.9. The number of nitrogens with one attached hydrogen (secondary N) is 1. The standard InChI is InChI=1S/C29H51N4O7PSi/c1-13-23-25(39-41(37-17-15-30-10)33(19(2)3)20(4)5)26(40-42(11,12)29(7,8)9)24(38-23)22-18-32(16-14-21(6)34)28(36)31-27(22)35/h18-20,23-26H,13-17H2,1-9,11-12H3,(H,31,35,36)/t23-,24+,25?,26-,41?/m1/s1. The first-order chi connectivity index (χ1) is 19.4. The van der Waals surface area contributed by atoms with Crippen molar-refractivity contribution in [2.24, 2.45) is 0 Å². The maximum Gasteiger partial charge on any atom is 0.328 e. The second-order valence-corrected chi connectivity index (χ2v) is 19.1. The molecule has 2 heterocycles. The van der Waals surface area contributed by atoms with E-state index in [9.17, 15) is 14.4 Å². The molecule has 2 unspecified atom stereocenters. The highest BCUT2D eigenvalue weighted by atomic mass is 31.2. The molecule has 11 nitrogen and oxygen atoms in total. The SMILES string of the molecule is [C-]#[N+]CCOP(OC1[C@@H](CC)O[C@@H](c2cn(CCC(C)=O)c(=O)[nH]c2=O)[C@H]1O[Si](C)(C)C(C)(C)C)N(C(C)C)C(C)C. The van der Waals surface area contributed by atoms with Gasteiger partial charge < -0.3 is 23.1 Å². The Morgan fingerprint density at radius 3 is 2.33 bits per heavy atom. The molecule has 42 heavy (non-hydrogen) atoms. The van der Waals surface area contributed by atoms with Crippen LogP contribution in [0.2, 0.25) is 18.1 Å². The molecule has 2 rings (SSSR count). The van der Waals surface area contributed by atoms with E-state index in [0.29, 0.717) is 6.42 Å². The van der Waals surface area contributed by atoms with E-state index in [2.05, 4.69) is 76.1 Å². The van der Waals surface area contributed by atoms with E-state index in [1.807, 2.05) is 6.92 Å². The van der Waals surface area contributed by atoms with E-state index < -0.39 is 52.5 Å². The van der Waals surface area contributed by atoms with Crippen LogP contribution in [0.4, 0.5) is 0 Å². The van der Waals surface area contributed by atoms with Crippen LogP contribution in [0.15, 0.2) is 15.8 Å². The maximum absolute atomic E-state index is 13.3. The molecular weight excluding hydrogens is 575 g/mol. The normalized spacial score (nSPS) is 22.2. The number of nitrogens with zero attached hydrogens (tertiary/aromatic N) is 3. The Morgan fingerprint density at radius 2 is 1.83 bits per heavy atom. The minimum atomic E-state index is -2.43. The molecule has 0 saturated carbocycles. The highest BCUT2D eigenvalue weighted by Gasteiger charge is 2.53. The van der Waals surface area contributed by atoms with E-state index >= 15 is 0 Å². The summed E-state index contributed by atoms with van der Waals surface area (Å²) in [5, 5.41) is -0.141. The van der Waals surface area contributed by atoms with Gasteiger partial charge in [-0.3, -0.25) is 19.1 Å². The van der Waals surface area contributed by atoms with Gasteiger partial charge in [0.15, 0.2) is 8.32 Å². The molecule has 1 aliphatic heterocycles. The van der Waals surface area contributed by atoms with Gasteiger partial charge in [0.1, 0.15) is 30.7 Å². The van der Waals surface area contributed by atoms with Crippen LogP contribution in [-0.2, 0) is 29.5 Å². The highest BCUT2D eigenvalue weighted by molar-refractivity contribution is 7.44. The number of carbonyl (C=O) groups excluding carboxylic acids is 1. The Balaban J connectivity index is 2.67. The number of aryl methyl sites for hydroxylation is 1. The third-order valence-electron chi connectivity index (χ3n) is 7.86. The van der Waals surface area contributed by atoms with Crippen LogP contribution in [0.25, 0.3) is 4.85 Å². The van der Waals surface area contributed by atoms with Crippen LogP contribution in [0.1, 0.15) is 86.8 Å². The van der Waals surface area contributed by atoms with Gasteiger partial charge in [-0.1, -0.05) is 27.7 Å². The van der Waals surface area contributed by atoms with E-state index in [-0.39, 0.29) is 54.6 Å². The zero-order valence-electron chi connectivity index (χ0n) is 27.2. The van der Waals surface area contributed by atoms with Crippen molar-refractivity contribution in [1.82, 2.24) is 14.2 Å². The number of hydrogen-bond donors (Lipinski definition) is 1. The van der Waals surface area contributed by atoms with E-state index in [1.54, 1.807) is 0 Å². The summed E-state index contributed by atoms with van der Waals surface area (Å²) in [7, 11) is -4.03. The quantitative estimate of drug-likeness (QED) is 0.119. The van der Waals surface area contributed by atoms with Gasteiger partial charge in [0.25, 0.3) is 14.1 Å². The molecular formula is C29H51N4O7PSi. The van der Waals surface area contributed by atoms with Crippen molar-refractivity contribution in [2.75, 3.05) is 13.2 Å². The van der Waals surface area contributed by atoms with Gasteiger partial charge >= 0.3 is 5.69 Å². The Bertz CT molecular complexity index is 1200. The summed E-state index contributed by atoms with van der Waals surface area (Å²) in [6.07, 6.45) is -0.219. The summed E-state index contributed by atoms with van der Waals surface area (Å²) in [4.78, 5) is 43.3. The van der Waals surface area contributed by atoms with Gasteiger partial charge in [-0.15, -0.1) is 0 Å². The van der Waals surface area contributed by atoms with Gasteiger partial charge in [0, 0.05) is 31.2 Å².